The molecule has 0 bridgehead atoms. The Hall–Kier alpha value is -0.120. The van der Waals surface area contributed by atoms with Crippen LogP contribution >= 0.6 is 0 Å². The number of aliphatic hydroxyl groups excluding tert-OH is 1. The zero-order valence-corrected chi connectivity index (χ0v) is 14.0. The van der Waals surface area contributed by atoms with Crippen LogP contribution in [0, 0.1) is 11.8 Å². The fraction of sp³-hybridized carbons (Fsp3) is 1.00. The van der Waals surface area contributed by atoms with Crippen LogP contribution in [0.4, 0.5) is 0 Å². The van der Waals surface area contributed by atoms with Gasteiger partial charge in [-0.25, -0.2) is 0 Å². The summed E-state index contributed by atoms with van der Waals surface area (Å²) in [5, 5.41) is 12.8. The highest BCUT2D eigenvalue weighted by Crippen LogP contribution is 2.31. The Morgan fingerprint density at radius 1 is 1.20 bits per heavy atom. The van der Waals surface area contributed by atoms with Crippen molar-refractivity contribution in [2.75, 3.05) is 19.8 Å². The predicted molar refractivity (Wildman–Crippen MR) is 84.9 cm³/mol. The minimum absolute atomic E-state index is 0.121. The van der Waals surface area contributed by atoms with Gasteiger partial charge in [-0.2, -0.15) is 0 Å². The van der Waals surface area contributed by atoms with E-state index in [1.165, 1.54) is 19.3 Å². The molecule has 0 amide bonds. The fourth-order valence-electron chi connectivity index (χ4n) is 3.17. The lowest BCUT2D eigenvalue weighted by atomic mass is 9.80. The van der Waals surface area contributed by atoms with Gasteiger partial charge in [0, 0.05) is 12.1 Å². The first-order chi connectivity index (χ1) is 9.50. The Bertz CT molecular complexity index is 259. The Labute approximate surface area is 125 Å². The second-order valence-corrected chi connectivity index (χ2v) is 6.97. The van der Waals surface area contributed by atoms with E-state index >= 15 is 0 Å². The number of ether oxygens (including phenoxy) is 1. The molecule has 0 aromatic rings. The molecule has 0 saturated heterocycles. The third kappa shape index (κ3) is 6.11. The predicted octanol–water partition coefficient (Wildman–Crippen LogP) is 3.36. The van der Waals surface area contributed by atoms with Crippen molar-refractivity contribution in [1.82, 2.24) is 5.32 Å². The topological polar surface area (TPSA) is 41.5 Å². The molecule has 0 aromatic heterocycles. The van der Waals surface area contributed by atoms with Crippen LogP contribution in [0.5, 0.6) is 0 Å². The maximum atomic E-state index is 9.44. The first-order valence-electron chi connectivity index (χ1n) is 8.48. The van der Waals surface area contributed by atoms with Crippen LogP contribution in [-0.4, -0.2) is 36.5 Å². The van der Waals surface area contributed by atoms with Crippen LogP contribution in [0.25, 0.3) is 0 Å². The molecule has 2 N–H and O–H groups in total. The largest absolute Gasteiger partial charge is 0.394 e. The first kappa shape index (κ1) is 17.9. The standard InChI is InChI=1S/C17H35NO2/c1-5-18-17(4,13-19)10-6-7-11-20-16-9-8-14(2)15(3)12-16/h14-16,18-19H,5-13H2,1-4H3. The third-order valence-electron chi connectivity index (χ3n) is 4.98. The Kier molecular flexibility index (Phi) is 8.08. The summed E-state index contributed by atoms with van der Waals surface area (Å²) in [7, 11) is 0. The van der Waals surface area contributed by atoms with Crippen LogP contribution in [0.1, 0.15) is 66.2 Å². The number of unbranched alkanes of at least 4 members (excludes halogenated alkanes) is 1. The SMILES string of the molecule is CCNC(C)(CO)CCCCOC1CCC(C)C(C)C1. The van der Waals surface area contributed by atoms with Gasteiger partial charge in [0.05, 0.1) is 12.7 Å². The fourth-order valence-corrected chi connectivity index (χ4v) is 3.17. The molecular weight excluding hydrogens is 250 g/mol. The van der Waals surface area contributed by atoms with Gasteiger partial charge < -0.3 is 15.2 Å². The average molecular weight is 285 g/mol. The highest BCUT2D eigenvalue weighted by molar-refractivity contribution is 4.81. The Morgan fingerprint density at radius 3 is 2.55 bits per heavy atom. The molecule has 0 heterocycles. The Morgan fingerprint density at radius 2 is 1.95 bits per heavy atom. The van der Waals surface area contributed by atoms with Gasteiger partial charge in [-0.15, -0.1) is 0 Å². The normalized spacial score (nSPS) is 30.1. The summed E-state index contributed by atoms with van der Waals surface area (Å²) in [6.07, 6.45) is 7.49. The zero-order valence-electron chi connectivity index (χ0n) is 14.0. The maximum absolute atomic E-state index is 9.44. The second kappa shape index (κ2) is 9.01. The smallest absolute Gasteiger partial charge is 0.0610 e. The summed E-state index contributed by atoms with van der Waals surface area (Å²) >= 11 is 0. The van der Waals surface area contributed by atoms with E-state index in [4.69, 9.17) is 4.74 Å². The summed E-state index contributed by atoms with van der Waals surface area (Å²) in [4.78, 5) is 0. The molecule has 3 heteroatoms. The molecule has 0 radical (unpaired) electrons. The van der Waals surface area contributed by atoms with Crippen molar-refractivity contribution in [2.24, 2.45) is 11.8 Å². The molecule has 4 unspecified atom stereocenters. The van der Waals surface area contributed by atoms with E-state index in [-0.39, 0.29) is 12.1 Å². The molecule has 3 nitrogen and oxygen atoms in total. The molecule has 4 atom stereocenters. The summed E-state index contributed by atoms with van der Waals surface area (Å²) < 4.78 is 6.03. The van der Waals surface area contributed by atoms with Gasteiger partial charge in [-0.3, -0.25) is 0 Å². The van der Waals surface area contributed by atoms with Gasteiger partial charge in [0.2, 0.25) is 0 Å². The monoisotopic (exact) mass is 285 g/mol. The highest BCUT2D eigenvalue weighted by atomic mass is 16.5. The molecule has 0 aliphatic heterocycles. The molecule has 1 rings (SSSR count). The van der Waals surface area contributed by atoms with Gasteiger partial charge in [-0.1, -0.05) is 20.8 Å². The Balaban J connectivity index is 2.10. The van der Waals surface area contributed by atoms with Crippen LogP contribution in [0.3, 0.4) is 0 Å². The molecule has 1 aliphatic carbocycles. The summed E-state index contributed by atoms with van der Waals surface area (Å²) in [5.41, 5.74) is -0.121. The van der Waals surface area contributed by atoms with Crippen molar-refractivity contribution in [1.29, 1.82) is 0 Å². The number of hydrogen-bond donors (Lipinski definition) is 2. The van der Waals surface area contributed by atoms with Crippen LogP contribution in [-0.2, 0) is 4.74 Å². The van der Waals surface area contributed by atoms with Crippen LogP contribution in [0.2, 0.25) is 0 Å². The molecular formula is C17H35NO2. The minimum atomic E-state index is -0.121. The van der Waals surface area contributed by atoms with E-state index in [0.717, 1.165) is 44.2 Å². The van der Waals surface area contributed by atoms with E-state index < -0.39 is 0 Å². The number of aliphatic hydroxyl groups is 1. The van der Waals surface area contributed by atoms with E-state index in [2.05, 4.69) is 33.0 Å². The van der Waals surface area contributed by atoms with Gasteiger partial charge in [0.1, 0.15) is 0 Å². The lowest BCUT2D eigenvalue weighted by molar-refractivity contribution is 0.000268. The molecule has 0 spiro atoms. The molecule has 1 saturated carbocycles. The molecule has 20 heavy (non-hydrogen) atoms. The van der Waals surface area contributed by atoms with Gasteiger partial charge in [0.15, 0.2) is 0 Å². The van der Waals surface area contributed by atoms with Gasteiger partial charge in [-0.05, 0) is 63.8 Å². The van der Waals surface area contributed by atoms with Crippen molar-refractivity contribution >= 4 is 0 Å². The lowest BCUT2D eigenvalue weighted by Gasteiger charge is -2.32. The molecule has 1 aliphatic rings. The minimum Gasteiger partial charge on any atom is -0.394 e. The van der Waals surface area contributed by atoms with E-state index in [1.54, 1.807) is 0 Å². The third-order valence-corrected chi connectivity index (χ3v) is 4.98. The van der Waals surface area contributed by atoms with E-state index in [1.807, 2.05) is 0 Å². The van der Waals surface area contributed by atoms with Gasteiger partial charge in [0.25, 0.3) is 0 Å². The summed E-state index contributed by atoms with van der Waals surface area (Å²) in [6.45, 7) is 10.9. The van der Waals surface area contributed by atoms with E-state index in [0.29, 0.717) is 6.10 Å². The van der Waals surface area contributed by atoms with Crippen molar-refractivity contribution in [2.45, 2.75) is 77.9 Å². The second-order valence-electron chi connectivity index (χ2n) is 6.97. The van der Waals surface area contributed by atoms with E-state index in [9.17, 15) is 5.11 Å². The van der Waals surface area contributed by atoms with Crippen LogP contribution in [0.15, 0.2) is 0 Å². The van der Waals surface area contributed by atoms with Crippen molar-refractivity contribution in [3.8, 4) is 0 Å². The van der Waals surface area contributed by atoms with Crippen molar-refractivity contribution < 1.29 is 9.84 Å². The number of hydrogen-bond acceptors (Lipinski definition) is 3. The summed E-state index contributed by atoms with van der Waals surface area (Å²) in [5.74, 6) is 1.67. The van der Waals surface area contributed by atoms with Gasteiger partial charge >= 0.3 is 0 Å². The maximum Gasteiger partial charge on any atom is 0.0610 e. The first-order valence-corrected chi connectivity index (χ1v) is 8.48. The zero-order chi connectivity index (χ0) is 15.0. The van der Waals surface area contributed by atoms with Crippen molar-refractivity contribution in [3.05, 3.63) is 0 Å². The number of nitrogens with one attached hydrogen (secondary N) is 1. The number of rotatable bonds is 9. The molecule has 120 valence electrons. The highest BCUT2D eigenvalue weighted by Gasteiger charge is 2.25. The molecule has 0 aromatic carbocycles. The van der Waals surface area contributed by atoms with Crippen molar-refractivity contribution in [3.63, 3.8) is 0 Å². The quantitative estimate of drug-likeness (QED) is 0.638. The average Bonchev–Trinajstić information content (AvgIpc) is 2.42. The lowest BCUT2D eigenvalue weighted by Crippen LogP contribution is -2.45. The van der Waals surface area contributed by atoms with Crippen LogP contribution < -0.4 is 5.32 Å². The number of likely N-dealkylation sites (N-methyl/N-ethyl adjacent to an activating group) is 1. The molecule has 1 fully saturated rings. The summed E-state index contributed by atoms with van der Waals surface area (Å²) in [6, 6.07) is 0.